The largest absolute Gasteiger partial charge is 0.356 e. The van der Waals surface area contributed by atoms with Crippen molar-refractivity contribution in [2.45, 2.75) is 26.2 Å². The Labute approximate surface area is 80.3 Å². The average Bonchev–Trinajstić information content (AvgIpc) is 2.13. The van der Waals surface area contributed by atoms with Crippen LogP contribution in [0, 0.1) is 0 Å². The van der Waals surface area contributed by atoms with Crippen molar-refractivity contribution in [1.82, 2.24) is 10.6 Å². The Morgan fingerprint density at radius 3 is 2.69 bits per heavy atom. The first-order valence-electron chi connectivity index (χ1n) is 4.98. The maximum Gasteiger partial charge on any atom is 0.221 e. The van der Waals surface area contributed by atoms with E-state index in [-0.39, 0.29) is 5.91 Å². The molecule has 13 heavy (non-hydrogen) atoms. The van der Waals surface area contributed by atoms with E-state index < -0.39 is 0 Å². The fourth-order valence-electron chi connectivity index (χ4n) is 0.964. The standard InChI is InChI=1S/C9H21N3O/c1-2-11-8-5-9(13)12-7-4-3-6-10/h11H,2-8,10H2,1H3,(H,12,13). The Hall–Kier alpha value is -0.610. The maximum absolute atomic E-state index is 11.1. The van der Waals surface area contributed by atoms with Crippen LogP contribution in [0.4, 0.5) is 0 Å². The molecule has 4 heteroatoms. The molecule has 0 atom stereocenters. The molecule has 0 saturated carbocycles. The van der Waals surface area contributed by atoms with Crippen molar-refractivity contribution in [3.63, 3.8) is 0 Å². The van der Waals surface area contributed by atoms with Crippen LogP contribution in [-0.4, -0.2) is 32.1 Å². The molecule has 0 radical (unpaired) electrons. The van der Waals surface area contributed by atoms with Crippen molar-refractivity contribution < 1.29 is 4.79 Å². The van der Waals surface area contributed by atoms with Crippen LogP contribution in [0.5, 0.6) is 0 Å². The predicted octanol–water partition coefficient (Wildman–Crippen LogP) is -0.159. The number of unbranched alkanes of at least 4 members (excludes halogenated alkanes) is 1. The number of carbonyl (C=O) groups is 1. The minimum Gasteiger partial charge on any atom is -0.356 e. The van der Waals surface area contributed by atoms with Crippen molar-refractivity contribution in [3.05, 3.63) is 0 Å². The van der Waals surface area contributed by atoms with Gasteiger partial charge in [0, 0.05) is 19.5 Å². The molecule has 0 fully saturated rings. The van der Waals surface area contributed by atoms with Crippen molar-refractivity contribution in [1.29, 1.82) is 0 Å². The normalized spacial score (nSPS) is 10.0. The van der Waals surface area contributed by atoms with Gasteiger partial charge < -0.3 is 16.4 Å². The van der Waals surface area contributed by atoms with Crippen molar-refractivity contribution in [3.8, 4) is 0 Å². The summed E-state index contributed by atoms with van der Waals surface area (Å²) >= 11 is 0. The number of nitrogens with one attached hydrogen (secondary N) is 2. The van der Waals surface area contributed by atoms with E-state index in [1.165, 1.54) is 0 Å². The quantitative estimate of drug-likeness (QED) is 0.463. The Morgan fingerprint density at radius 1 is 1.31 bits per heavy atom. The third-order valence-corrected chi connectivity index (χ3v) is 1.73. The van der Waals surface area contributed by atoms with Crippen LogP contribution in [0.3, 0.4) is 0 Å². The summed E-state index contributed by atoms with van der Waals surface area (Å²) in [5.41, 5.74) is 5.32. The van der Waals surface area contributed by atoms with Crippen LogP contribution < -0.4 is 16.4 Å². The summed E-state index contributed by atoms with van der Waals surface area (Å²) in [6.07, 6.45) is 2.52. The summed E-state index contributed by atoms with van der Waals surface area (Å²) in [6.45, 7) is 5.16. The lowest BCUT2D eigenvalue weighted by molar-refractivity contribution is -0.120. The molecule has 0 rings (SSSR count). The lowest BCUT2D eigenvalue weighted by Crippen LogP contribution is -2.28. The van der Waals surface area contributed by atoms with E-state index in [0.29, 0.717) is 13.0 Å². The summed E-state index contributed by atoms with van der Waals surface area (Å²) in [4.78, 5) is 11.1. The molecule has 4 nitrogen and oxygen atoms in total. The van der Waals surface area contributed by atoms with Crippen LogP contribution >= 0.6 is 0 Å². The molecule has 4 N–H and O–H groups in total. The molecule has 0 heterocycles. The van der Waals surface area contributed by atoms with Gasteiger partial charge in [-0.15, -0.1) is 0 Å². The van der Waals surface area contributed by atoms with Gasteiger partial charge in [0.25, 0.3) is 0 Å². The number of carbonyl (C=O) groups excluding carboxylic acids is 1. The van der Waals surface area contributed by atoms with Crippen LogP contribution in [0.25, 0.3) is 0 Å². The SMILES string of the molecule is CCNCCC(=O)NCCCCN. The number of rotatable bonds is 8. The zero-order valence-corrected chi connectivity index (χ0v) is 8.44. The van der Waals surface area contributed by atoms with Gasteiger partial charge in [0.2, 0.25) is 5.91 Å². The smallest absolute Gasteiger partial charge is 0.221 e. The number of nitrogens with two attached hydrogens (primary N) is 1. The zero-order valence-electron chi connectivity index (χ0n) is 8.44. The molecule has 0 saturated heterocycles. The van der Waals surface area contributed by atoms with Gasteiger partial charge in [-0.3, -0.25) is 4.79 Å². The van der Waals surface area contributed by atoms with Crippen LogP contribution in [0.2, 0.25) is 0 Å². The second-order valence-corrected chi connectivity index (χ2v) is 2.95. The number of amides is 1. The second kappa shape index (κ2) is 9.48. The zero-order chi connectivity index (χ0) is 9.94. The third-order valence-electron chi connectivity index (χ3n) is 1.73. The Kier molecular flexibility index (Phi) is 9.03. The van der Waals surface area contributed by atoms with E-state index in [9.17, 15) is 4.79 Å². The number of hydrogen-bond donors (Lipinski definition) is 3. The molecule has 0 aromatic rings. The molecule has 0 bridgehead atoms. The molecule has 0 unspecified atom stereocenters. The van der Waals surface area contributed by atoms with Crippen molar-refractivity contribution in [2.75, 3.05) is 26.2 Å². The van der Waals surface area contributed by atoms with E-state index in [2.05, 4.69) is 10.6 Å². The van der Waals surface area contributed by atoms with Crippen molar-refractivity contribution >= 4 is 5.91 Å². The fourth-order valence-corrected chi connectivity index (χ4v) is 0.964. The molecule has 0 aliphatic carbocycles. The Morgan fingerprint density at radius 2 is 2.08 bits per heavy atom. The second-order valence-electron chi connectivity index (χ2n) is 2.95. The lowest BCUT2D eigenvalue weighted by Gasteiger charge is -2.04. The third kappa shape index (κ3) is 9.30. The van der Waals surface area contributed by atoms with E-state index in [4.69, 9.17) is 5.73 Å². The van der Waals surface area contributed by atoms with E-state index in [1.54, 1.807) is 0 Å². The first-order chi connectivity index (χ1) is 6.31. The lowest BCUT2D eigenvalue weighted by atomic mass is 10.3. The van der Waals surface area contributed by atoms with E-state index >= 15 is 0 Å². The molecule has 0 aliphatic heterocycles. The molecule has 0 spiro atoms. The first-order valence-corrected chi connectivity index (χ1v) is 4.98. The highest BCUT2D eigenvalue weighted by Gasteiger charge is 1.98. The van der Waals surface area contributed by atoms with Crippen molar-refractivity contribution in [2.24, 2.45) is 5.73 Å². The molecule has 0 aromatic heterocycles. The maximum atomic E-state index is 11.1. The van der Waals surface area contributed by atoms with E-state index in [0.717, 1.165) is 32.5 Å². The average molecular weight is 187 g/mol. The van der Waals surface area contributed by atoms with Gasteiger partial charge >= 0.3 is 0 Å². The first kappa shape index (κ1) is 12.4. The minimum atomic E-state index is 0.123. The molecule has 0 aliphatic rings. The summed E-state index contributed by atoms with van der Waals surface area (Å²) in [5, 5.41) is 5.94. The number of hydrogen-bond acceptors (Lipinski definition) is 3. The van der Waals surface area contributed by atoms with Gasteiger partial charge in [-0.2, -0.15) is 0 Å². The van der Waals surface area contributed by atoms with Gasteiger partial charge in [0.05, 0.1) is 0 Å². The molecular weight excluding hydrogens is 166 g/mol. The monoisotopic (exact) mass is 187 g/mol. The minimum absolute atomic E-state index is 0.123. The summed E-state index contributed by atoms with van der Waals surface area (Å²) < 4.78 is 0. The summed E-state index contributed by atoms with van der Waals surface area (Å²) in [7, 11) is 0. The fraction of sp³-hybridized carbons (Fsp3) is 0.889. The van der Waals surface area contributed by atoms with Gasteiger partial charge in [0.1, 0.15) is 0 Å². The summed E-state index contributed by atoms with van der Waals surface area (Å²) in [5.74, 6) is 0.123. The molecular formula is C9H21N3O. The Balaban J connectivity index is 3.11. The van der Waals surface area contributed by atoms with Gasteiger partial charge in [-0.05, 0) is 25.9 Å². The summed E-state index contributed by atoms with van der Waals surface area (Å²) in [6, 6.07) is 0. The van der Waals surface area contributed by atoms with Gasteiger partial charge in [-0.1, -0.05) is 6.92 Å². The van der Waals surface area contributed by atoms with Crippen LogP contribution in [0.15, 0.2) is 0 Å². The highest BCUT2D eigenvalue weighted by molar-refractivity contribution is 5.75. The van der Waals surface area contributed by atoms with E-state index in [1.807, 2.05) is 6.92 Å². The highest BCUT2D eigenvalue weighted by Crippen LogP contribution is 1.83. The highest BCUT2D eigenvalue weighted by atomic mass is 16.1. The van der Waals surface area contributed by atoms with Crippen LogP contribution in [0.1, 0.15) is 26.2 Å². The molecule has 78 valence electrons. The van der Waals surface area contributed by atoms with Gasteiger partial charge in [-0.25, -0.2) is 0 Å². The topological polar surface area (TPSA) is 67.2 Å². The Bertz CT molecular complexity index is 128. The van der Waals surface area contributed by atoms with Gasteiger partial charge in [0.15, 0.2) is 0 Å². The molecule has 0 aromatic carbocycles. The molecule has 1 amide bonds. The van der Waals surface area contributed by atoms with Crippen LogP contribution in [-0.2, 0) is 4.79 Å². The predicted molar refractivity (Wildman–Crippen MR) is 54.5 cm³/mol.